The van der Waals surface area contributed by atoms with E-state index in [1.165, 1.54) is 6.07 Å². The van der Waals surface area contributed by atoms with Gasteiger partial charge in [-0.2, -0.15) is 0 Å². The molecule has 0 saturated heterocycles. The van der Waals surface area contributed by atoms with Crippen molar-refractivity contribution in [2.24, 2.45) is 17.4 Å². The van der Waals surface area contributed by atoms with E-state index in [-0.39, 0.29) is 12.6 Å². The first-order valence-corrected chi connectivity index (χ1v) is 5.39. The molecule has 0 heterocycles. The van der Waals surface area contributed by atoms with Crippen molar-refractivity contribution in [1.29, 1.82) is 0 Å². The lowest BCUT2D eigenvalue weighted by Crippen LogP contribution is -2.25. The average Bonchev–Trinajstić information content (AvgIpc) is 2.25. The van der Waals surface area contributed by atoms with Gasteiger partial charge in [-0.15, -0.1) is 0 Å². The minimum absolute atomic E-state index is 0.131. The highest BCUT2D eigenvalue weighted by molar-refractivity contribution is 5.76. The fourth-order valence-corrected chi connectivity index (χ4v) is 1.27. The number of carbonyl (C=O) groups is 1. The number of primary amides is 1. The summed E-state index contributed by atoms with van der Waals surface area (Å²) in [4.78, 5) is 10.8. The number of halogens is 1. The highest BCUT2D eigenvalue weighted by atomic mass is 19.1. The summed E-state index contributed by atoms with van der Waals surface area (Å²) in [5, 5.41) is 0. The molecule has 4 N–H and O–H groups in total. The van der Waals surface area contributed by atoms with Crippen LogP contribution in [0, 0.1) is 11.7 Å². The largest absolute Gasteiger partial charge is 0.493 e. The quantitative estimate of drug-likeness (QED) is 0.815. The Morgan fingerprint density at radius 2 is 2.12 bits per heavy atom. The second-order valence-electron chi connectivity index (χ2n) is 4.09. The van der Waals surface area contributed by atoms with Crippen LogP contribution in [-0.2, 0) is 4.79 Å². The molecule has 0 bridgehead atoms. The zero-order valence-electron chi connectivity index (χ0n) is 9.94. The molecule has 0 fully saturated rings. The summed E-state index contributed by atoms with van der Waals surface area (Å²) >= 11 is 0. The number of benzene rings is 1. The van der Waals surface area contributed by atoms with Crippen molar-refractivity contribution in [3.8, 4) is 5.75 Å². The molecule has 0 radical (unpaired) electrons. The van der Waals surface area contributed by atoms with E-state index in [1.807, 2.05) is 0 Å². The number of hydrogen-bond acceptors (Lipinski definition) is 3. The minimum Gasteiger partial charge on any atom is -0.493 e. The predicted molar refractivity (Wildman–Crippen MR) is 62.9 cm³/mol. The summed E-state index contributed by atoms with van der Waals surface area (Å²) in [6.45, 7) is 3.48. The van der Waals surface area contributed by atoms with Crippen molar-refractivity contribution in [2.75, 3.05) is 6.61 Å². The lowest BCUT2D eigenvalue weighted by Gasteiger charge is -2.12. The number of amides is 1. The topological polar surface area (TPSA) is 78.3 Å². The van der Waals surface area contributed by atoms with Gasteiger partial charge in [-0.05, 0) is 13.0 Å². The third-order valence-electron chi connectivity index (χ3n) is 2.45. The molecule has 1 unspecified atom stereocenters. The summed E-state index contributed by atoms with van der Waals surface area (Å²) in [5.41, 5.74) is 11.1. The van der Waals surface area contributed by atoms with Crippen LogP contribution in [0.15, 0.2) is 18.2 Å². The second-order valence-corrected chi connectivity index (χ2v) is 4.09. The number of ether oxygens (including phenoxy) is 1. The van der Waals surface area contributed by atoms with Crippen LogP contribution in [0.25, 0.3) is 0 Å². The molecular weight excluding hydrogens is 223 g/mol. The number of carbonyl (C=O) groups excluding carboxylic acids is 1. The Balaban J connectivity index is 2.68. The average molecular weight is 240 g/mol. The Kier molecular flexibility index (Phi) is 4.45. The fourth-order valence-electron chi connectivity index (χ4n) is 1.27. The first kappa shape index (κ1) is 13.4. The van der Waals surface area contributed by atoms with E-state index in [1.54, 1.807) is 26.0 Å². The smallest absolute Gasteiger partial charge is 0.223 e. The van der Waals surface area contributed by atoms with Gasteiger partial charge in [0.25, 0.3) is 0 Å². The van der Waals surface area contributed by atoms with Crippen LogP contribution in [-0.4, -0.2) is 12.5 Å². The first-order valence-electron chi connectivity index (χ1n) is 5.39. The maximum Gasteiger partial charge on any atom is 0.223 e. The molecule has 0 aliphatic rings. The van der Waals surface area contributed by atoms with Crippen LogP contribution >= 0.6 is 0 Å². The normalized spacial score (nSPS) is 14.1. The van der Waals surface area contributed by atoms with Gasteiger partial charge in [0.15, 0.2) is 0 Å². The van der Waals surface area contributed by atoms with Crippen molar-refractivity contribution in [3.63, 3.8) is 0 Å². The molecule has 0 aromatic heterocycles. The maximum atomic E-state index is 13.5. The molecule has 0 saturated carbocycles. The van der Waals surface area contributed by atoms with E-state index >= 15 is 0 Å². The standard InChI is InChI=1S/C12H17FN2O2/c1-7(12(15)16)6-17-9-3-4-10(8(2)14)11(13)5-9/h3-5,7-8H,6,14H2,1-2H3,(H2,15,16)/t7?,8-/m0/s1. The number of hydrogen-bond donors (Lipinski definition) is 2. The highest BCUT2D eigenvalue weighted by Crippen LogP contribution is 2.20. The van der Waals surface area contributed by atoms with Gasteiger partial charge in [0, 0.05) is 17.7 Å². The van der Waals surface area contributed by atoms with Crippen LogP contribution in [0.2, 0.25) is 0 Å². The molecule has 0 aliphatic heterocycles. The van der Waals surface area contributed by atoms with Gasteiger partial charge in [-0.1, -0.05) is 13.0 Å². The Labute approximate surface area is 99.7 Å². The van der Waals surface area contributed by atoms with E-state index in [0.29, 0.717) is 11.3 Å². The van der Waals surface area contributed by atoms with Crippen LogP contribution in [0.1, 0.15) is 25.5 Å². The van der Waals surface area contributed by atoms with Crippen LogP contribution < -0.4 is 16.2 Å². The van der Waals surface area contributed by atoms with Gasteiger partial charge < -0.3 is 16.2 Å². The van der Waals surface area contributed by atoms with E-state index < -0.39 is 17.6 Å². The van der Waals surface area contributed by atoms with Gasteiger partial charge >= 0.3 is 0 Å². The Bertz CT molecular complexity index is 407. The minimum atomic E-state index is -0.447. The molecule has 1 rings (SSSR count). The van der Waals surface area contributed by atoms with Gasteiger partial charge in [0.05, 0.1) is 12.5 Å². The number of rotatable bonds is 5. The van der Waals surface area contributed by atoms with E-state index in [9.17, 15) is 9.18 Å². The van der Waals surface area contributed by atoms with Crippen molar-refractivity contribution in [1.82, 2.24) is 0 Å². The van der Waals surface area contributed by atoms with Crippen molar-refractivity contribution >= 4 is 5.91 Å². The van der Waals surface area contributed by atoms with E-state index in [2.05, 4.69) is 0 Å². The van der Waals surface area contributed by atoms with Gasteiger partial charge in [-0.3, -0.25) is 4.79 Å². The Morgan fingerprint density at radius 1 is 1.47 bits per heavy atom. The molecule has 0 spiro atoms. The van der Waals surface area contributed by atoms with Crippen molar-refractivity contribution in [3.05, 3.63) is 29.6 Å². The first-order chi connectivity index (χ1) is 7.91. The summed E-state index contributed by atoms with van der Waals surface area (Å²) < 4.78 is 18.8. The zero-order chi connectivity index (χ0) is 13.0. The van der Waals surface area contributed by atoms with Crippen LogP contribution in [0.4, 0.5) is 4.39 Å². The van der Waals surface area contributed by atoms with Gasteiger partial charge in [0.2, 0.25) is 5.91 Å². The van der Waals surface area contributed by atoms with E-state index in [4.69, 9.17) is 16.2 Å². The van der Waals surface area contributed by atoms with Crippen LogP contribution in [0.5, 0.6) is 5.75 Å². The highest BCUT2D eigenvalue weighted by Gasteiger charge is 2.11. The molecule has 17 heavy (non-hydrogen) atoms. The third kappa shape index (κ3) is 3.71. The van der Waals surface area contributed by atoms with E-state index in [0.717, 1.165) is 0 Å². The maximum absolute atomic E-state index is 13.5. The molecule has 5 heteroatoms. The lowest BCUT2D eigenvalue weighted by atomic mass is 10.1. The SMILES string of the molecule is CC(COc1ccc([C@H](C)N)c(F)c1)C(N)=O. The summed E-state index contributed by atoms with van der Waals surface area (Å²) in [7, 11) is 0. The van der Waals surface area contributed by atoms with Gasteiger partial charge in [-0.25, -0.2) is 4.39 Å². The third-order valence-corrected chi connectivity index (χ3v) is 2.45. The lowest BCUT2D eigenvalue weighted by molar-refractivity contribution is -0.122. The molecule has 4 nitrogen and oxygen atoms in total. The predicted octanol–water partition coefficient (Wildman–Crippen LogP) is 1.35. The molecule has 1 aromatic carbocycles. The van der Waals surface area contributed by atoms with Crippen molar-refractivity contribution in [2.45, 2.75) is 19.9 Å². The second kappa shape index (κ2) is 5.63. The molecule has 0 aliphatic carbocycles. The molecule has 2 atom stereocenters. The number of nitrogens with two attached hydrogens (primary N) is 2. The Morgan fingerprint density at radius 3 is 2.59 bits per heavy atom. The monoisotopic (exact) mass is 240 g/mol. The molecular formula is C12H17FN2O2. The molecule has 94 valence electrons. The fraction of sp³-hybridized carbons (Fsp3) is 0.417. The Hall–Kier alpha value is -1.62. The van der Waals surface area contributed by atoms with Crippen LogP contribution in [0.3, 0.4) is 0 Å². The summed E-state index contributed by atoms with van der Waals surface area (Å²) in [6, 6.07) is 4.08. The van der Waals surface area contributed by atoms with Gasteiger partial charge in [0.1, 0.15) is 11.6 Å². The summed E-state index contributed by atoms with van der Waals surface area (Å²) in [5.74, 6) is -0.909. The van der Waals surface area contributed by atoms with Crippen molar-refractivity contribution < 1.29 is 13.9 Å². The molecule has 1 amide bonds. The summed E-state index contributed by atoms with van der Waals surface area (Å²) in [6.07, 6.45) is 0. The molecule has 1 aromatic rings. The zero-order valence-corrected chi connectivity index (χ0v) is 9.94.